The first-order valence-corrected chi connectivity index (χ1v) is 7.17. The Labute approximate surface area is 120 Å². The standard InChI is InChI=1S/C16H21ClN2/c1-16(2,3)8-15-13(9-18)14(10-19-15)11-5-4-6-12(17)7-11/h4-7,13-15,19H,8,10H2,1-3H3/t13?,14?,15-/m0/s1. The summed E-state index contributed by atoms with van der Waals surface area (Å²) in [4.78, 5) is 0. The van der Waals surface area contributed by atoms with Crippen molar-refractivity contribution in [3.05, 3.63) is 34.9 Å². The molecule has 2 rings (SSSR count). The minimum absolute atomic E-state index is 0.0256. The predicted octanol–water partition coefficient (Wildman–Crippen LogP) is 3.97. The van der Waals surface area contributed by atoms with Crippen molar-refractivity contribution in [1.82, 2.24) is 5.32 Å². The molecule has 0 radical (unpaired) electrons. The SMILES string of the molecule is CC(C)(C)C[C@@H]1NCC(c2cccc(Cl)c2)C1C#N. The Hall–Kier alpha value is -1.04. The van der Waals surface area contributed by atoms with Crippen molar-refractivity contribution in [2.24, 2.45) is 11.3 Å². The molecule has 0 spiro atoms. The van der Waals surface area contributed by atoms with Crippen LogP contribution in [0, 0.1) is 22.7 Å². The Morgan fingerprint density at radius 2 is 2.16 bits per heavy atom. The van der Waals surface area contributed by atoms with Crippen LogP contribution in [0.1, 0.15) is 38.7 Å². The van der Waals surface area contributed by atoms with E-state index < -0.39 is 0 Å². The van der Waals surface area contributed by atoms with Gasteiger partial charge < -0.3 is 5.32 Å². The lowest BCUT2D eigenvalue weighted by Gasteiger charge is -2.25. The molecule has 19 heavy (non-hydrogen) atoms. The van der Waals surface area contributed by atoms with Crippen LogP contribution in [0.2, 0.25) is 5.02 Å². The summed E-state index contributed by atoms with van der Waals surface area (Å²) in [7, 11) is 0. The summed E-state index contributed by atoms with van der Waals surface area (Å²) in [6.45, 7) is 7.51. The maximum absolute atomic E-state index is 9.51. The monoisotopic (exact) mass is 276 g/mol. The molecule has 1 saturated heterocycles. The van der Waals surface area contributed by atoms with E-state index in [4.69, 9.17) is 11.6 Å². The van der Waals surface area contributed by atoms with Gasteiger partial charge in [-0.2, -0.15) is 5.26 Å². The third-order valence-corrected chi connectivity index (χ3v) is 3.96. The van der Waals surface area contributed by atoms with Crippen LogP contribution >= 0.6 is 11.6 Å². The van der Waals surface area contributed by atoms with Crippen LogP contribution in [0.15, 0.2) is 24.3 Å². The Kier molecular flexibility index (Phi) is 4.18. The second kappa shape index (κ2) is 5.53. The molecule has 2 unspecified atom stereocenters. The van der Waals surface area contributed by atoms with Crippen LogP contribution in [-0.2, 0) is 0 Å². The molecule has 0 saturated carbocycles. The maximum Gasteiger partial charge on any atom is 0.0697 e. The molecule has 102 valence electrons. The number of rotatable bonds is 2. The van der Waals surface area contributed by atoms with Gasteiger partial charge in [0.05, 0.1) is 12.0 Å². The van der Waals surface area contributed by atoms with Crippen LogP contribution in [-0.4, -0.2) is 12.6 Å². The molecule has 1 heterocycles. The highest BCUT2D eigenvalue weighted by Crippen LogP contribution is 2.37. The van der Waals surface area contributed by atoms with E-state index in [1.54, 1.807) is 0 Å². The fourth-order valence-corrected chi connectivity index (χ4v) is 3.11. The number of nitrogens with one attached hydrogen (secondary N) is 1. The number of halogens is 1. The van der Waals surface area contributed by atoms with Gasteiger partial charge in [0.15, 0.2) is 0 Å². The van der Waals surface area contributed by atoms with Gasteiger partial charge >= 0.3 is 0 Å². The van der Waals surface area contributed by atoms with E-state index in [-0.39, 0.29) is 23.3 Å². The van der Waals surface area contributed by atoms with E-state index in [0.717, 1.165) is 18.0 Å². The zero-order valence-electron chi connectivity index (χ0n) is 11.8. The minimum Gasteiger partial charge on any atom is -0.312 e. The zero-order valence-corrected chi connectivity index (χ0v) is 12.5. The van der Waals surface area contributed by atoms with Gasteiger partial charge in [-0.15, -0.1) is 0 Å². The van der Waals surface area contributed by atoms with Crippen molar-refractivity contribution in [2.45, 2.75) is 39.2 Å². The van der Waals surface area contributed by atoms with Gasteiger partial charge in [-0.05, 0) is 29.5 Å². The number of benzene rings is 1. The minimum atomic E-state index is 0.0256. The average molecular weight is 277 g/mol. The molecule has 1 aromatic carbocycles. The number of nitriles is 1. The van der Waals surface area contributed by atoms with Crippen molar-refractivity contribution < 1.29 is 0 Å². The van der Waals surface area contributed by atoms with Gasteiger partial charge in [0.25, 0.3) is 0 Å². The van der Waals surface area contributed by atoms with E-state index in [2.05, 4.69) is 38.2 Å². The first kappa shape index (κ1) is 14.4. The predicted molar refractivity (Wildman–Crippen MR) is 79.2 cm³/mol. The Bertz CT molecular complexity index is 484. The molecule has 3 atom stereocenters. The van der Waals surface area contributed by atoms with Crippen molar-refractivity contribution in [2.75, 3.05) is 6.54 Å². The van der Waals surface area contributed by atoms with Gasteiger partial charge in [0.2, 0.25) is 0 Å². The van der Waals surface area contributed by atoms with Crippen LogP contribution in [0.3, 0.4) is 0 Å². The van der Waals surface area contributed by atoms with Gasteiger partial charge in [0.1, 0.15) is 0 Å². The molecule has 1 aliphatic rings. The molecule has 1 N–H and O–H groups in total. The molecular formula is C16H21ClN2. The third-order valence-electron chi connectivity index (χ3n) is 3.73. The first-order chi connectivity index (χ1) is 8.90. The van der Waals surface area contributed by atoms with Gasteiger partial charge in [-0.3, -0.25) is 0 Å². The highest BCUT2D eigenvalue weighted by molar-refractivity contribution is 6.30. The lowest BCUT2D eigenvalue weighted by Crippen LogP contribution is -2.31. The number of nitrogens with zero attached hydrogens (tertiary/aromatic N) is 1. The summed E-state index contributed by atoms with van der Waals surface area (Å²) in [6.07, 6.45) is 1.02. The fraction of sp³-hybridized carbons (Fsp3) is 0.562. The average Bonchev–Trinajstić information content (AvgIpc) is 2.69. The summed E-state index contributed by atoms with van der Waals surface area (Å²) < 4.78 is 0. The Morgan fingerprint density at radius 1 is 1.42 bits per heavy atom. The van der Waals surface area contributed by atoms with E-state index in [1.165, 1.54) is 5.56 Å². The normalized spacial score (nSPS) is 27.2. The van der Waals surface area contributed by atoms with Crippen LogP contribution < -0.4 is 5.32 Å². The largest absolute Gasteiger partial charge is 0.312 e. The molecule has 1 aromatic rings. The van der Waals surface area contributed by atoms with E-state index in [9.17, 15) is 5.26 Å². The third kappa shape index (κ3) is 3.49. The van der Waals surface area contributed by atoms with Crippen LogP contribution in [0.25, 0.3) is 0 Å². The van der Waals surface area contributed by atoms with Crippen LogP contribution in [0.5, 0.6) is 0 Å². The van der Waals surface area contributed by atoms with Gasteiger partial charge in [0, 0.05) is 23.5 Å². The summed E-state index contributed by atoms with van der Waals surface area (Å²) in [5.41, 5.74) is 1.40. The molecule has 0 amide bonds. The Balaban J connectivity index is 2.18. The zero-order chi connectivity index (χ0) is 14.0. The lowest BCUT2D eigenvalue weighted by molar-refractivity contribution is 0.304. The molecule has 0 bridgehead atoms. The van der Waals surface area contributed by atoms with Gasteiger partial charge in [-0.25, -0.2) is 0 Å². The van der Waals surface area contributed by atoms with Crippen molar-refractivity contribution in [3.63, 3.8) is 0 Å². The lowest BCUT2D eigenvalue weighted by atomic mass is 9.79. The Morgan fingerprint density at radius 3 is 2.74 bits per heavy atom. The quantitative estimate of drug-likeness (QED) is 0.887. The summed E-state index contributed by atoms with van der Waals surface area (Å²) >= 11 is 6.05. The number of hydrogen-bond donors (Lipinski definition) is 1. The second-order valence-corrected chi connectivity index (χ2v) is 7.03. The summed E-state index contributed by atoms with van der Waals surface area (Å²) in [5.74, 6) is 0.272. The van der Waals surface area contributed by atoms with E-state index in [0.29, 0.717) is 0 Å². The second-order valence-electron chi connectivity index (χ2n) is 6.60. The molecule has 1 fully saturated rings. The van der Waals surface area contributed by atoms with Crippen LogP contribution in [0.4, 0.5) is 0 Å². The molecule has 0 aliphatic carbocycles. The summed E-state index contributed by atoms with van der Waals surface area (Å²) in [6, 6.07) is 10.7. The van der Waals surface area contributed by atoms with E-state index >= 15 is 0 Å². The fourth-order valence-electron chi connectivity index (χ4n) is 2.91. The highest BCUT2D eigenvalue weighted by atomic mass is 35.5. The molecule has 0 aromatic heterocycles. The van der Waals surface area contributed by atoms with Gasteiger partial charge in [-0.1, -0.05) is 44.5 Å². The number of hydrogen-bond acceptors (Lipinski definition) is 2. The smallest absolute Gasteiger partial charge is 0.0697 e. The maximum atomic E-state index is 9.51. The molecule has 3 heteroatoms. The van der Waals surface area contributed by atoms with Crippen molar-refractivity contribution >= 4 is 11.6 Å². The highest BCUT2D eigenvalue weighted by Gasteiger charge is 2.38. The van der Waals surface area contributed by atoms with Crippen molar-refractivity contribution in [3.8, 4) is 6.07 Å². The van der Waals surface area contributed by atoms with E-state index in [1.807, 2.05) is 18.2 Å². The molecule has 2 nitrogen and oxygen atoms in total. The van der Waals surface area contributed by atoms with Crippen molar-refractivity contribution in [1.29, 1.82) is 5.26 Å². The molecule has 1 aliphatic heterocycles. The topological polar surface area (TPSA) is 35.8 Å². The molecular weight excluding hydrogens is 256 g/mol. The first-order valence-electron chi connectivity index (χ1n) is 6.79. The summed E-state index contributed by atoms with van der Waals surface area (Å²) in [5, 5.41) is 13.8.